The molecular weight excluding hydrogens is 328 g/mol. The molecule has 1 aliphatic rings. The van der Waals surface area contributed by atoms with Crippen LogP contribution in [-0.2, 0) is 4.74 Å². The molecule has 0 radical (unpaired) electrons. The van der Waals surface area contributed by atoms with Crippen LogP contribution >= 0.6 is 11.6 Å². The van der Waals surface area contributed by atoms with E-state index in [2.05, 4.69) is 10.2 Å². The minimum atomic E-state index is -0.276. The van der Waals surface area contributed by atoms with Gasteiger partial charge in [0.25, 0.3) is 5.91 Å². The highest BCUT2D eigenvalue weighted by molar-refractivity contribution is 6.30. The van der Waals surface area contributed by atoms with Gasteiger partial charge in [-0.25, -0.2) is 0 Å². The van der Waals surface area contributed by atoms with Gasteiger partial charge in [0.1, 0.15) is 0 Å². The first kappa shape index (κ1) is 17.0. The fourth-order valence-electron chi connectivity index (χ4n) is 2.89. The van der Waals surface area contributed by atoms with E-state index in [1.54, 1.807) is 6.07 Å². The zero-order valence-electron chi connectivity index (χ0n) is 13.8. The van der Waals surface area contributed by atoms with Crippen LogP contribution in [0.4, 0.5) is 0 Å². The van der Waals surface area contributed by atoms with Gasteiger partial charge in [-0.15, -0.1) is 0 Å². The topological polar surface area (TPSA) is 54.7 Å². The molecule has 2 aromatic rings. The number of nitrogens with zero attached hydrogens (tertiary/aromatic N) is 1. The minimum absolute atomic E-state index is 0.135. The number of furan rings is 1. The summed E-state index contributed by atoms with van der Waals surface area (Å²) in [5.41, 5.74) is 1.77. The van der Waals surface area contributed by atoms with Crippen LogP contribution in [0.1, 0.15) is 27.7 Å². The molecule has 2 heterocycles. The first-order valence-electron chi connectivity index (χ1n) is 7.95. The number of carbonyl (C=O) groups is 1. The van der Waals surface area contributed by atoms with Crippen LogP contribution in [0.3, 0.4) is 0 Å². The van der Waals surface area contributed by atoms with Crippen LogP contribution in [0.15, 0.2) is 41.0 Å². The lowest BCUT2D eigenvalue weighted by molar-refractivity contribution is -0.0382. The minimum Gasteiger partial charge on any atom is -0.459 e. The Kier molecular flexibility index (Phi) is 5.23. The van der Waals surface area contributed by atoms with E-state index in [0.717, 1.165) is 24.2 Å². The molecule has 0 spiro atoms. The summed E-state index contributed by atoms with van der Waals surface area (Å²) in [5.74, 6) is 0.0902. The molecule has 1 N–H and O–H groups in total. The van der Waals surface area contributed by atoms with E-state index in [1.807, 2.05) is 38.2 Å². The number of morpholine rings is 1. The van der Waals surface area contributed by atoms with Crippen molar-refractivity contribution in [2.45, 2.75) is 19.1 Å². The highest BCUT2D eigenvalue weighted by Crippen LogP contribution is 2.24. The standard InChI is InChI=1S/C18H21ClN2O3/c1-12-7-9-24-17(12)18(22)20-16(13-3-5-14(19)6-4-13)15-11-21(2)8-10-23-15/h3-7,9,15-16H,8,10-11H2,1-2H3,(H,20,22)/t15-,16+/m0/s1. The summed E-state index contributed by atoms with van der Waals surface area (Å²) in [6.07, 6.45) is 1.39. The van der Waals surface area contributed by atoms with E-state index in [1.165, 1.54) is 6.26 Å². The molecule has 0 aliphatic carbocycles. The first-order valence-corrected chi connectivity index (χ1v) is 8.33. The van der Waals surface area contributed by atoms with Gasteiger partial charge in [-0.2, -0.15) is 0 Å². The third-order valence-electron chi connectivity index (χ3n) is 4.25. The summed E-state index contributed by atoms with van der Waals surface area (Å²) in [6, 6.07) is 8.97. The quantitative estimate of drug-likeness (QED) is 0.922. The van der Waals surface area contributed by atoms with Crippen LogP contribution < -0.4 is 5.32 Å². The third kappa shape index (κ3) is 3.80. The van der Waals surface area contributed by atoms with E-state index in [4.69, 9.17) is 20.8 Å². The molecule has 0 bridgehead atoms. The van der Waals surface area contributed by atoms with Crippen LogP contribution in [0.2, 0.25) is 5.02 Å². The summed E-state index contributed by atoms with van der Waals surface area (Å²) >= 11 is 5.99. The molecule has 128 valence electrons. The number of amides is 1. The molecule has 0 unspecified atom stereocenters. The molecule has 1 aromatic heterocycles. The highest BCUT2D eigenvalue weighted by Gasteiger charge is 2.30. The number of hydrogen-bond donors (Lipinski definition) is 1. The molecular formula is C18H21ClN2O3. The monoisotopic (exact) mass is 348 g/mol. The van der Waals surface area contributed by atoms with Gasteiger partial charge in [0.05, 0.1) is 25.0 Å². The van der Waals surface area contributed by atoms with Crippen molar-refractivity contribution < 1.29 is 13.9 Å². The second kappa shape index (κ2) is 7.38. The molecule has 1 saturated heterocycles. The fraction of sp³-hybridized carbons (Fsp3) is 0.389. The number of aryl methyl sites for hydroxylation is 1. The van der Waals surface area contributed by atoms with Crippen molar-refractivity contribution in [2.24, 2.45) is 0 Å². The summed E-state index contributed by atoms with van der Waals surface area (Å²) in [6.45, 7) is 4.11. The Labute approximate surface area is 146 Å². The molecule has 2 atom stereocenters. The lowest BCUT2D eigenvalue weighted by atomic mass is 9.99. The Morgan fingerprint density at radius 1 is 1.33 bits per heavy atom. The van der Waals surface area contributed by atoms with E-state index in [-0.39, 0.29) is 18.1 Å². The Balaban J connectivity index is 1.85. The molecule has 3 rings (SSSR count). The molecule has 1 fully saturated rings. The Bertz CT molecular complexity index is 699. The number of carbonyl (C=O) groups excluding carboxylic acids is 1. The van der Waals surface area contributed by atoms with Gasteiger partial charge >= 0.3 is 0 Å². The molecule has 0 saturated carbocycles. The summed E-state index contributed by atoms with van der Waals surface area (Å²) in [5, 5.41) is 3.72. The Morgan fingerprint density at radius 3 is 2.71 bits per heavy atom. The average molecular weight is 349 g/mol. The van der Waals surface area contributed by atoms with Gasteiger partial charge in [-0.1, -0.05) is 23.7 Å². The van der Waals surface area contributed by atoms with Crippen molar-refractivity contribution in [3.63, 3.8) is 0 Å². The summed E-state index contributed by atoms with van der Waals surface area (Å²) < 4.78 is 11.2. The SMILES string of the molecule is Cc1ccoc1C(=O)N[C@H](c1ccc(Cl)cc1)[C@@H]1CN(C)CCO1. The second-order valence-electron chi connectivity index (χ2n) is 6.11. The number of nitrogens with one attached hydrogen (secondary N) is 1. The average Bonchev–Trinajstić information content (AvgIpc) is 2.99. The van der Waals surface area contributed by atoms with E-state index in [0.29, 0.717) is 17.4 Å². The molecule has 1 amide bonds. The van der Waals surface area contributed by atoms with Crippen LogP contribution in [0.25, 0.3) is 0 Å². The molecule has 1 aromatic carbocycles. The predicted octanol–water partition coefficient (Wildman–Crippen LogP) is 3.04. The van der Waals surface area contributed by atoms with Crippen LogP contribution in [-0.4, -0.2) is 43.7 Å². The summed E-state index contributed by atoms with van der Waals surface area (Å²) in [7, 11) is 2.05. The van der Waals surface area contributed by atoms with E-state index in [9.17, 15) is 4.79 Å². The third-order valence-corrected chi connectivity index (χ3v) is 4.50. The van der Waals surface area contributed by atoms with Crippen molar-refractivity contribution in [1.29, 1.82) is 0 Å². The Hall–Kier alpha value is -1.82. The predicted molar refractivity (Wildman–Crippen MR) is 92.3 cm³/mol. The van der Waals surface area contributed by atoms with Gasteiger partial charge in [0, 0.05) is 23.7 Å². The van der Waals surface area contributed by atoms with E-state index < -0.39 is 0 Å². The molecule has 5 nitrogen and oxygen atoms in total. The smallest absolute Gasteiger partial charge is 0.287 e. The van der Waals surface area contributed by atoms with Crippen LogP contribution in [0, 0.1) is 6.92 Å². The maximum Gasteiger partial charge on any atom is 0.287 e. The first-order chi connectivity index (χ1) is 11.5. The normalized spacial score (nSPS) is 19.9. The van der Waals surface area contributed by atoms with Gasteiger partial charge in [0.15, 0.2) is 5.76 Å². The lowest BCUT2D eigenvalue weighted by Gasteiger charge is -2.35. The number of hydrogen-bond acceptors (Lipinski definition) is 4. The molecule has 6 heteroatoms. The lowest BCUT2D eigenvalue weighted by Crippen LogP contribution is -2.48. The zero-order valence-corrected chi connectivity index (χ0v) is 14.5. The van der Waals surface area contributed by atoms with Gasteiger partial charge in [-0.3, -0.25) is 4.79 Å². The largest absolute Gasteiger partial charge is 0.459 e. The van der Waals surface area contributed by atoms with Crippen molar-refractivity contribution in [3.8, 4) is 0 Å². The Morgan fingerprint density at radius 2 is 2.08 bits per heavy atom. The fourth-order valence-corrected chi connectivity index (χ4v) is 3.01. The van der Waals surface area contributed by atoms with Crippen molar-refractivity contribution in [1.82, 2.24) is 10.2 Å². The maximum absolute atomic E-state index is 12.6. The molecule has 24 heavy (non-hydrogen) atoms. The van der Waals surface area contributed by atoms with E-state index >= 15 is 0 Å². The zero-order chi connectivity index (χ0) is 17.1. The maximum atomic E-state index is 12.6. The molecule has 1 aliphatic heterocycles. The van der Waals surface area contributed by atoms with Crippen molar-refractivity contribution in [2.75, 3.05) is 26.7 Å². The van der Waals surface area contributed by atoms with Crippen molar-refractivity contribution in [3.05, 3.63) is 58.5 Å². The summed E-state index contributed by atoms with van der Waals surface area (Å²) in [4.78, 5) is 14.8. The number of ether oxygens (including phenoxy) is 1. The highest BCUT2D eigenvalue weighted by atomic mass is 35.5. The van der Waals surface area contributed by atoms with Gasteiger partial charge in [-0.05, 0) is 37.7 Å². The number of likely N-dealkylation sites (N-methyl/N-ethyl adjacent to an activating group) is 1. The number of rotatable bonds is 4. The number of benzene rings is 1. The van der Waals surface area contributed by atoms with Crippen molar-refractivity contribution >= 4 is 17.5 Å². The second-order valence-corrected chi connectivity index (χ2v) is 6.54. The van der Waals surface area contributed by atoms with Gasteiger partial charge < -0.3 is 19.4 Å². The number of halogens is 1. The van der Waals surface area contributed by atoms with Gasteiger partial charge in [0.2, 0.25) is 0 Å². The van der Waals surface area contributed by atoms with Crippen LogP contribution in [0.5, 0.6) is 0 Å².